The van der Waals surface area contributed by atoms with Crippen molar-refractivity contribution in [2.45, 2.75) is 6.10 Å². The van der Waals surface area contributed by atoms with Crippen LogP contribution in [0.1, 0.15) is 11.7 Å². The highest BCUT2D eigenvalue weighted by Crippen LogP contribution is 2.23. The van der Waals surface area contributed by atoms with Crippen LogP contribution in [-0.4, -0.2) is 57.8 Å². The lowest BCUT2D eigenvalue weighted by Gasteiger charge is -2.34. The van der Waals surface area contributed by atoms with Gasteiger partial charge in [-0.15, -0.1) is 0 Å². The molecule has 0 amide bonds. The van der Waals surface area contributed by atoms with Crippen LogP contribution in [0.5, 0.6) is 0 Å². The summed E-state index contributed by atoms with van der Waals surface area (Å²) >= 11 is 0. The Labute approximate surface area is 115 Å². The first kappa shape index (κ1) is 12.9. The van der Waals surface area contributed by atoms with Crippen molar-refractivity contribution in [3.63, 3.8) is 0 Å². The molecule has 1 aromatic rings. The van der Waals surface area contributed by atoms with E-state index in [1.165, 1.54) is 11.3 Å². The number of benzene rings is 1. The van der Waals surface area contributed by atoms with E-state index in [1.54, 1.807) is 0 Å². The molecule has 104 valence electrons. The van der Waals surface area contributed by atoms with E-state index < -0.39 is 0 Å². The van der Waals surface area contributed by atoms with Crippen molar-refractivity contribution in [1.29, 1.82) is 0 Å². The molecule has 3 rings (SSSR count). The zero-order chi connectivity index (χ0) is 13.1. The molecule has 4 nitrogen and oxygen atoms in total. The van der Waals surface area contributed by atoms with E-state index in [0.717, 1.165) is 45.9 Å². The lowest BCUT2D eigenvalue weighted by molar-refractivity contribution is 0.0277. The second-order valence-corrected chi connectivity index (χ2v) is 5.45. The van der Waals surface area contributed by atoms with Gasteiger partial charge in [-0.1, -0.05) is 12.1 Å². The predicted octanol–water partition coefficient (Wildman–Crippen LogP) is 1.10. The average molecular weight is 261 g/mol. The molecule has 0 bridgehead atoms. The summed E-state index contributed by atoms with van der Waals surface area (Å²) in [5.74, 6) is 0. The standard InChI is InChI=1S/C15H23N3O/c1-17-7-9-18(10-8-17)14-4-2-13(3-5-14)15-12-16-6-11-19-15/h2-5,15-16H,6-12H2,1H3/t15-/m0/s1. The normalized spacial score (nSPS) is 25.5. The molecule has 1 N–H and O–H groups in total. The van der Waals surface area contributed by atoms with Gasteiger partial charge in [-0.3, -0.25) is 0 Å². The van der Waals surface area contributed by atoms with Crippen LogP contribution in [-0.2, 0) is 4.74 Å². The van der Waals surface area contributed by atoms with Crippen LogP contribution >= 0.6 is 0 Å². The van der Waals surface area contributed by atoms with E-state index in [9.17, 15) is 0 Å². The van der Waals surface area contributed by atoms with Crippen LogP contribution in [0.2, 0.25) is 0 Å². The van der Waals surface area contributed by atoms with Gasteiger partial charge in [0.2, 0.25) is 0 Å². The highest BCUT2D eigenvalue weighted by molar-refractivity contribution is 5.48. The van der Waals surface area contributed by atoms with Crippen LogP contribution in [0, 0.1) is 0 Å². The zero-order valence-electron chi connectivity index (χ0n) is 11.6. The molecule has 0 saturated carbocycles. The van der Waals surface area contributed by atoms with E-state index >= 15 is 0 Å². The molecule has 4 heteroatoms. The summed E-state index contributed by atoms with van der Waals surface area (Å²) in [7, 11) is 2.19. The molecule has 2 fully saturated rings. The molecule has 1 aromatic carbocycles. The van der Waals surface area contributed by atoms with Gasteiger partial charge in [-0.2, -0.15) is 0 Å². The van der Waals surface area contributed by atoms with E-state index in [1.807, 2.05) is 0 Å². The number of likely N-dealkylation sites (N-methyl/N-ethyl adjacent to an activating group) is 1. The van der Waals surface area contributed by atoms with Crippen LogP contribution < -0.4 is 10.2 Å². The van der Waals surface area contributed by atoms with Crippen molar-refractivity contribution in [1.82, 2.24) is 10.2 Å². The minimum absolute atomic E-state index is 0.218. The van der Waals surface area contributed by atoms with Crippen LogP contribution in [0.4, 0.5) is 5.69 Å². The Bertz CT molecular complexity index is 392. The van der Waals surface area contributed by atoms with Gasteiger partial charge < -0.3 is 19.9 Å². The molecule has 0 aromatic heterocycles. The SMILES string of the molecule is CN1CCN(c2ccc([C@@H]3CNCCO3)cc2)CC1. The number of rotatable bonds is 2. The Hall–Kier alpha value is -1.10. The molecule has 0 radical (unpaired) electrons. The summed E-state index contributed by atoms with van der Waals surface area (Å²) < 4.78 is 5.78. The van der Waals surface area contributed by atoms with Crippen molar-refractivity contribution in [2.24, 2.45) is 0 Å². The lowest BCUT2D eigenvalue weighted by atomic mass is 10.1. The molecular weight excluding hydrogens is 238 g/mol. The minimum Gasteiger partial charge on any atom is -0.371 e. The third-order valence-electron chi connectivity index (χ3n) is 4.06. The largest absolute Gasteiger partial charge is 0.371 e. The van der Waals surface area contributed by atoms with E-state index in [0.29, 0.717) is 0 Å². The average Bonchev–Trinajstić information content (AvgIpc) is 2.49. The third kappa shape index (κ3) is 3.08. The number of hydrogen-bond acceptors (Lipinski definition) is 4. The molecule has 2 aliphatic rings. The summed E-state index contributed by atoms with van der Waals surface area (Å²) in [4.78, 5) is 4.84. The first-order valence-electron chi connectivity index (χ1n) is 7.19. The Morgan fingerprint density at radius 1 is 1.11 bits per heavy atom. The first-order chi connectivity index (χ1) is 9.33. The van der Waals surface area contributed by atoms with Crippen LogP contribution in [0.15, 0.2) is 24.3 Å². The summed E-state index contributed by atoms with van der Waals surface area (Å²) in [6.07, 6.45) is 0.218. The monoisotopic (exact) mass is 261 g/mol. The molecule has 2 aliphatic heterocycles. The number of ether oxygens (including phenoxy) is 1. The Balaban J connectivity index is 1.65. The van der Waals surface area contributed by atoms with Crippen LogP contribution in [0.3, 0.4) is 0 Å². The molecule has 2 saturated heterocycles. The zero-order valence-corrected chi connectivity index (χ0v) is 11.6. The van der Waals surface area contributed by atoms with Gasteiger partial charge in [-0.25, -0.2) is 0 Å². The van der Waals surface area contributed by atoms with Gasteiger partial charge in [0, 0.05) is 45.0 Å². The van der Waals surface area contributed by atoms with Crippen molar-refractivity contribution in [2.75, 3.05) is 57.8 Å². The fraction of sp³-hybridized carbons (Fsp3) is 0.600. The van der Waals surface area contributed by atoms with Crippen molar-refractivity contribution < 1.29 is 4.74 Å². The van der Waals surface area contributed by atoms with Crippen LogP contribution in [0.25, 0.3) is 0 Å². The molecule has 0 unspecified atom stereocenters. The van der Waals surface area contributed by atoms with E-state index in [4.69, 9.17) is 4.74 Å². The second kappa shape index (κ2) is 5.90. The molecule has 0 spiro atoms. The molecule has 2 heterocycles. The van der Waals surface area contributed by atoms with Gasteiger partial charge in [0.25, 0.3) is 0 Å². The van der Waals surface area contributed by atoms with Crippen molar-refractivity contribution in [3.05, 3.63) is 29.8 Å². The highest BCUT2D eigenvalue weighted by Gasteiger charge is 2.17. The Morgan fingerprint density at radius 2 is 1.84 bits per heavy atom. The summed E-state index contributed by atoms with van der Waals surface area (Å²) in [5.41, 5.74) is 2.62. The number of nitrogens with zero attached hydrogens (tertiary/aromatic N) is 2. The Morgan fingerprint density at radius 3 is 2.47 bits per heavy atom. The number of hydrogen-bond donors (Lipinski definition) is 1. The number of piperazine rings is 1. The van der Waals surface area contributed by atoms with Crippen molar-refractivity contribution >= 4 is 5.69 Å². The van der Waals surface area contributed by atoms with Gasteiger partial charge in [0.05, 0.1) is 12.7 Å². The fourth-order valence-electron chi connectivity index (χ4n) is 2.74. The molecule has 0 aliphatic carbocycles. The second-order valence-electron chi connectivity index (χ2n) is 5.45. The maximum absolute atomic E-state index is 5.78. The highest BCUT2D eigenvalue weighted by atomic mass is 16.5. The number of morpholine rings is 1. The topological polar surface area (TPSA) is 27.7 Å². The van der Waals surface area contributed by atoms with Gasteiger partial charge in [-0.05, 0) is 24.7 Å². The Kier molecular flexibility index (Phi) is 4.01. The van der Waals surface area contributed by atoms with Crippen molar-refractivity contribution in [3.8, 4) is 0 Å². The summed E-state index contributed by atoms with van der Waals surface area (Å²) in [5, 5.41) is 3.38. The first-order valence-corrected chi connectivity index (χ1v) is 7.19. The maximum atomic E-state index is 5.78. The molecular formula is C15H23N3O. The minimum atomic E-state index is 0.218. The summed E-state index contributed by atoms with van der Waals surface area (Å²) in [6, 6.07) is 8.90. The smallest absolute Gasteiger partial charge is 0.0949 e. The van der Waals surface area contributed by atoms with E-state index in [-0.39, 0.29) is 6.10 Å². The quantitative estimate of drug-likeness (QED) is 0.863. The number of anilines is 1. The molecule has 19 heavy (non-hydrogen) atoms. The maximum Gasteiger partial charge on any atom is 0.0949 e. The fourth-order valence-corrected chi connectivity index (χ4v) is 2.74. The lowest BCUT2D eigenvalue weighted by Crippen LogP contribution is -2.44. The van der Waals surface area contributed by atoms with Gasteiger partial charge in [0.15, 0.2) is 0 Å². The third-order valence-corrected chi connectivity index (χ3v) is 4.06. The summed E-state index contributed by atoms with van der Waals surface area (Å²) in [6.45, 7) is 7.25. The van der Waals surface area contributed by atoms with Gasteiger partial charge in [0.1, 0.15) is 0 Å². The van der Waals surface area contributed by atoms with E-state index in [2.05, 4.69) is 46.4 Å². The predicted molar refractivity (Wildman–Crippen MR) is 77.7 cm³/mol. The molecule has 1 atom stereocenters. The number of nitrogens with one attached hydrogen (secondary N) is 1. The van der Waals surface area contributed by atoms with Gasteiger partial charge >= 0.3 is 0 Å².